The van der Waals surface area contributed by atoms with Gasteiger partial charge in [0.1, 0.15) is 5.54 Å². The van der Waals surface area contributed by atoms with Crippen LogP contribution in [0.5, 0.6) is 0 Å². The molecule has 2 N–H and O–H groups in total. The molecule has 1 atom stereocenters. The zero-order valence-corrected chi connectivity index (χ0v) is 12.2. The number of Topliss-reactive ketones (excluding diaryl/α,β-unsaturated/α-hetero) is 1. The Balaban J connectivity index is 2.06. The summed E-state index contributed by atoms with van der Waals surface area (Å²) >= 11 is 6.07. The maximum Gasteiger partial charge on any atom is 0.221 e. The van der Waals surface area contributed by atoms with Gasteiger partial charge in [-0.05, 0) is 24.6 Å². The van der Waals surface area contributed by atoms with Gasteiger partial charge in [-0.25, -0.2) is 0 Å². The molecule has 0 spiro atoms. The maximum absolute atomic E-state index is 12.7. The van der Waals surface area contributed by atoms with Crippen molar-refractivity contribution in [2.45, 2.75) is 12.5 Å². The predicted molar refractivity (Wildman–Crippen MR) is 83.5 cm³/mol. The van der Waals surface area contributed by atoms with E-state index in [2.05, 4.69) is 0 Å². The van der Waals surface area contributed by atoms with E-state index >= 15 is 0 Å². The first kappa shape index (κ1) is 13.9. The summed E-state index contributed by atoms with van der Waals surface area (Å²) in [6.07, 6.45) is 0. The van der Waals surface area contributed by atoms with Gasteiger partial charge < -0.3 is 10.2 Å². The third-order valence-corrected chi connectivity index (χ3v) is 3.86. The number of halogens is 1. The van der Waals surface area contributed by atoms with Crippen LogP contribution in [0.15, 0.2) is 59.0 Å². The van der Waals surface area contributed by atoms with E-state index in [1.165, 1.54) is 0 Å². The number of rotatable bonds is 3. The number of carbonyl (C=O) groups is 1. The van der Waals surface area contributed by atoms with E-state index in [9.17, 15) is 4.79 Å². The first-order chi connectivity index (χ1) is 10.00. The Kier molecular flexibility index (Phi) is 3.32. The van der Waals surface area contributed by atoms with Gasteiger partial charge in [0, 0.05) is 5.39 Å². The Labute approximate surface area is 127 Å². The van der Waals surface area contributed by atoms with Crippen LogP contribution in [-0.2, 0) is 5.54 Å². The molecule has 0 saturated heterocycles. The molecule has 3 aromatic rings. The largest absolute Gasteiger partial charge is 0.451 e. The molecule has 4 heteroatoms. The third kappa shape index (κ3) is 2.35. The molecule has 3 nitrogen and oxygen atoms in total. The smallest absolute Gasteiger partial charge is 0.221 e. The molecular weight excluding hydrogens is 286 g/mol. The van der Waals surface area contributed by atoms with E-state index in [0.29, 0.717) is 10.6 Å². The summed E-state index contributed by atoms with van der Waals surface area (Å²) in [6, 6.07) is 16.3. The lowest BCUT2D eigenvalue weighted by atomic mass is 9.87. The highest BCUT2D eigenvalue weighted by molar-refractivity contribution is 6.34. The summed E-state index contributed by atoms with van der Waals surface area (Å²) in [6.45, 7) is 1.68. The van der Waals surface area contributed by atoms with Crippen molar-refractivity contribution in [3.63, 3.8) is 0 Å². The molecule has 0 bridgehead atoms. The fourth-order valence-corrected chi connectivity index (χ4v) is 2.53. The SMILES string of the molecule is CC(N)(C(=O)c1cc2cccc(Cl)c2o1)c1ccccc1. The second-order valence-electron chi connectivity index (χ2n) is 5.17. The quantitative estimate of drug-likeness (QED) is 0.739. The minimum atomic E-state index is -1.15. The Bertz CT molecular complexity index is 806. The fraction of sp³-hybridized carbons (Fsp3) is 0.118. The van der Waals surface area contributed by atoms with E-state index in [1.807, 2.05) is 42.5 Å². The van der Waals surface area contributed by atoms with Crippen LogP contribution in [0.25, 0.3) is 11.0 Å². The molecule has 0 aliphatic carbocycles. The zero-order chi connectivity index (χ0) is 15.0. The lowest BCUT2D eigenvalue weighted by Gasteiger charge is -2.22. The van der Waals surface area contributed by atoms with Gasteiger partial charge in [-0.1, -0.05) is 54.1 Å². The van der Waals surface area contributed by atoms with Crippen LogP contribution in [0.1, 0.15) is 23.0 Å². The zero-order valence-electron chi connectivity index (χ0n) is 11.5. The van der Waals surface area contributed by atoms with Gasteiger partial charge in [-0.15, -0.1) is 0 Å². The minimum Gasteiger partial charge on any atom is -0.451 e. The van der Waals surface area contributed by atoms with Crippen molar-refractivity contribution < 1.29 is 9.21 Å². The van der Waals surface area contributed by atoms with E-state index in [-0.39, 0.29) is 11.5 Å². The molecule has 0 amide bonds. The Morgan fingerprint density at radius 3 is 2.52 bits per heavy atom. The van der Waals surface area contributed by atoms with Gasteiger partial charge in [0.2, 0.25) is 5.78 Å². The van der Waals surface area contributed by atoms with Crippen molar-refractivity contribution in [3.8, 4) is 0 Å². The average molecular weight is 300 g/mol. The van der Waals surface area contributed by atoms with Crippen molar-refractivity contribution in [3.05, 3.63) is 70.9 Å². The second kappa shape index (κ2) is 5.02. The molecule has 3 rings (SSSR count). The lowest BCUT2D eigenvalue weighted by Crippen LogP contribution is -2.41. The standard InChI is InChI=1S/C17H14ClNO2/c1-17(19,12-7-3-2-4-8-12)16(20)14-10-11-6-5-9-13(18)15(11)21-14/h2-10H,19H2,1H3. The second-order valence-corrected chi connectivity index (χ2v) is 5.57. The number of carbonyl (C=O) groups excluding carboxylic acids is 1. The summed E-state index contributed by atoms with van der Waals surface area (Å²) in [4.78, 5) is 12.7. The molecule has 0 saturated carbocycles. The van der Waals surface area contributed by atoms with Crippen molar-refractivity contribution >= 4 is 28.4 Å². The number of furan rings is 1. The molecule has 0 aliphatic heterocycles. The normalized spacial score (nSPS) is 14.0. The minimum absolute atomic E-state index is 0.215. The van der Waals surface area contributed by atoms with E-state index in [1.54, 1.807) is 19.1 Å². The number of ketones is 1. The summed E-state index contributed by atoms with van der Waals surface area (Å²) < 4.78 is 5.61. The first-order valence-electron chi connectivity index (χ1n) is 6.57. The molecule has 0 fully saturated rings. The fourth-order valence-electron chi connectivity index (χ4n) is 2.31. The van der Waals surface area contributed by atoms with E-state index in [0.717, 1.165) is 10.9 Å². The monoisotopic (exact) mass is 299 g/mol. The number of hydrogen-bond acceptors (Lipinski definition) is 3. The van der Waals surface area contributed by atoms with Crippen LogP contribution in [-0.4, -0.2) is 5.78 Å². The van der Waals surface area contributed by atoms with Gasteiger partial charge in [0.05, 0.1) is 5.02 Å². The average Bonchev–Trinajstić information content (AvgIpc) is 2.93. The van der Waals surface area contributed by atoms with Gasteiger partial charge in [-0.2, -0.15) is 0 Å². The van der Waals surface area contributed by atoms with Gasteiger partial charge in [-0.3, -0.25) is 4.79 Å². The molecule has 0 aliphatic rings. The van der Waals surface area contributed by atoms with Gasteiger partial charge in [0.25, 0.3) is 0 Å². The maximum atomic E-state index is 12.7. The Morgan fingerprint density at radius 1 is 1.14 bits per heavy atom. The molecule has 2 aromatic carbocycles. The van der Waals surface area contributed by atoms with Crippen molar-refractivity contribution in [1.82, 2.24) is 0 Å². The molecule has 1 heterocycles. The number of para-hydroxylation sites is 1. The van der Waals surface area contributed by atoms with Crippen LogP contribution in [0.4, 0.5) is 0 Å². The highest BCUT2D eigenvalue weighted by Crippen LogP contribution is 2.30. The number of benzene rings is 2. The van der Waals surface area contributed by atoms with Crippen LogP contribution in [0.3, 0.4) is 0 Å². The number of nitrogens with two attached hydrogens (primary N) is 1. The number of hydrogen-bond donors (Lipinski definition) is 1. The Morgan fingerprint density at radius 2 is 1.86 bits per heavy atom. The summed E-state index contributed by atoms with van der Waals surface area (Å²) in [7, 11) is 0. The highest BCUT2D eigenvalue weighted by atomic mass is 35.5. The summed E-state index contributed by atoms with van der Waals surface area (Å²) in [5, 5.41) is 1.26. The predicted octanol–water partition coefficient (Wildman–Crippen LogP) is 4.14. The molecule has 1 unspecified atom stereocenters. The third-order valence-electron chi connectivity index (χ3n) is 3.57. The molecule has 1 aromatic heterocycles. The van der Waals surface area contributed by atoms with Gasteiger partial charge in [0.15, 0.2) is 11.3 Å². The molecule has 0 radical (unpaired) electrons. The molecule has 106 valence electrons. The molecular formula is C17H14ClNO2. The van der Waals surface area contributed by atoms with Crippen molar-refractivity contribution in [2.75, 3.05) is 0 Å². The number of fused-ring (bicyclic) bond motifs is 1. The first-order valence-corrected chi connectivity index (χ1v) is 6.95. The van der Waals surface area contributed by atoms with Gasteiger partial charge >= 0.3 is 0 Å². The lowest BCUT2D eigenvalue weighted by molar-refractivity contribution is 0.0873. The summed E-state index contributed by atoms with van der Waals surface area (Å²) in [5.41, 5.74) is 6.32. The molecule has 21 heavy (non-hydrogen) atoms. The Hall–Kier alpha value is -2.10. The van der Waals surface area contributed by atoms with E-state index < -0.39 is 5.54 Å². The van der Waals surface area contributed by atoms with E-state index in [4.69, 9.17) is 21.8 Å². The van der Waals surface area contributed by atoms with Crippen LogP contribution in [0.2, 0.25) is 5.02 Å². The van der Waals surface area contributed by atoms with Crippen molar-refractivity contribution in [2.24, 2.45) is 5.73 Å². The van der Waals surface area contributed by atoms with Crippen LogP contribution >= 0.6 is 11.6 Å². The highest BCUT2D eigenvalue weighted by Gasteiger charge is 2.33. The summed E-state index contributed by atoms with van der Waals surface area (Å²) in [5.74, 6) is -0.0621. The van der Waals surface area contributed by atoms with Crippen LogP contribution in [0, 0.1) is 0 Å². The van der Waals surface area contributed by atoms with Crippen molar-refractivity contribution in [1.29, 1.82) is 0 Å². The topological polar surface area (TPSA) is 56.2 Å². The van der Waals surface area contributed by atoms with Crippen LogP contribution < -0.4 is 5.73 Å².